The van der Waals surface area contributed by atoms with E-state index in [0.29, 0.717) is 5.69 Å². The van der Waals surface area contributed by atoms with Crippen LogP contribution in [0.25, 0.3) is 92.5 Å². The molecule has 0 aliphatic carbocycles. The lowest BCUT2D eigenvalue weighted by molar-refractivity contribution is 1.18. The molecule has 0 saturated carbocycles. The molecular formula is C45H27N3. The van der Waals surface area contributed by atoms with Crippen LogP contribution in [0.3, 0.4) is 0 Å². The summed E-state index contributed by atoms with van der Waals surface area (Å²) in [4.78, 5) is 3.59. The first-order valence-electron chi connectivity index (χ1n) is 16.2. The van der Waals surface area contributed by atoms with Gasteiger partial charge in [0.1, 0.15) is 0 Å². The summed E-state index contributed by atoms with van der Waals surface area (Å²) < 4.78 is 4.76. The van der Waals surface area contributed by atoms with E-state index in [4.69, 9.17) is 6.57 Å². The van der Waals surface area contributed by atoms with Gasteiger partial charge in [-0.3, -0.25) is 0 Å². The monoisotopic (exact) mass is 609 g/mol. The first-order chi connectivity index (χ1) is 23.8. The molecule has 0 bridgehead atoms. The lowest BCUT2D eigenvalue weighted by atomic mass is 9.99. The highest BCUT2D eigenvalue weighted by Gasteiger charge is 2.18. The van der Waals surface area contributed by atoms with Crippen LogP contribution in [0.2, 0.25) is 0 Å². The van der Waals surface area contributed by atoms with E-state index < -0.39 is 0 Å². The quantitative estimate of drug-likeness (QED) is 0.140. The zero-order valence-electron chi connectivity index (χ0n) is 25.9. The van der Waals surface area contributed by atoms with Crippen molar-refractivity contribution in [2.24, 2.45) is 0 Å². The lowest BCUT2D eigenvalue weighted by Gasteiger charge is -2.15. The van der Waals surface area contributed by atoms with Crippen molar-refractivity contribution in [3.63, 3.8) is 0 Å². The van der Waals surface area contributed by atoms with Gasteiger partial charge in [-0.2, -0.15) is 0 Å². The van der Waals surface area contributed by atoms with Gasteiger partial charge >= 0.3 is 0 Å². The van der Waals surface area contributed by atoms with Gasteiger partial charge in [0.2, 0.25) is 0 Å². The number of aromatic nitrogens is 2. The normalized spacial score (nSPS) is 11.7. The predicted octanol–water partition coefficient (Wildman–Crippen LogP) is 12.4. The smallest absolute Gasteiger partial charge is 0.187 e. The van der Waals surface area contributed by atoms with E-state index in [2.05, 4.69) is 154 Å². The molecule has 48 heavy (non-hydrogen) atoms. The van der Waals surface area contributed by atoms with E-state index in [1.807, 2.05) is 24.3 Å². The number of rotatable bonds is 3. The third-order valence-electron chi connectivity index (χ3n) is 9.90. The van der Waals surface area contributed by atoms with Crippen LogP contribution in [0.1, 0.15) is 0 Å². The number of fused-ring (bicyclic) bond motifs is 9. The fraction of sp³-hybridized carbons (Fsp3) is 0. The summed E-state index contributed by atoms with van der Waals surface area (Å²) in [5.41, 5.74) is 9.93. The molecule has 0 aliphatic rings. The second kappa shape index (κ2) is 10.2. The average molecular weight is 610 g/mol. The van der Waals surface area contributed by atoms with Crippen molar-refractivity contribution < 1.29 is 0 Å². The molecule has 222 valence electrons. The number of hydrogen-bond donors (Lipinski definition) is 0. The minimum absolute atomic E-state index is 0.645. The molecule has 0 amide bonds. The zero-order valence-corrected chi connectivity index (χ0v) is 25.9. The maximum absolute atomic E-state index is 7.38. The Morgan fingerprint density at radius 2 is 0.938 bits per heavy atom. The number of benzene rings is 8. The summed E-state index contributed by atoms with van der Waals surface area (Å²) in [5.74, 6) is 0. The van der Waals surface area contributed by atoms with Crippen LogP contribution in [-0.2, 0) is 0 Å². The minimum atomic E-state index is 0.645. The number of hydrogen-bond acceptors (Lipinski definition) is 0. The van der Waals surface area contributed by atoms with Crippen molar-refractivity contribution in [3.8, 4) is 22.5 Å². The maximum atomic E-state index is 7.38. The van der Waals surface area contributed by atoms with Gasteiger partial charge in [-0.05, 0) is 75.8 Å². The summed E-state index contributed by atoms with van der Waals surface area (Å²) in [7, 11) is 0. The van der Waals surface area contributed by atoms with E-state index in [1.165, 1.54) is 70.9 Å². The van der Waals surface area contributed by atoms with Gasteiger partial charge < -0.3 is 9.13 Å². The molecule has 0 radical (unpaired) electrons. The molecule has 3 nitrogen and oxygen atoms in total. The summed E-state index contributed by atoms with van der Waals surface area (Å²) in [6, 6.07) is 58.8. The second-order valence-corrected chi connectivity index (χ2v) is 12.5. The Morgan fingerprint density at radius 1 is 0.375 bits per heavy atom. The summed E-state index contributed by atoms with van der Waals surface area (Å²) in [6.45, 7) is 7.38. The summed E-state index contributed by atoms with van der Waals surface area (Å²) in [6.07, 6.45) is 0. The summed E-state index contributed by atoms with van der Waals surface area (Å²) >= 11 is 0. The van der Waals surface area contributed by atoms with Crippen molar-refractivity contribution in [1.29, 1.82) is 0 Å². The van der Waals surface area contributed by atoms with Crippen LogP contribution in [0.5, 0.6) is 0 Å². The molecular weight excluding hydrogens is 583 g/mol. The fourth-order valence-electron chi connectivity index (χ4n) is 7.74. The average Bonchev–Trinajstić information content (AvgIpc) is 3.66. The third-order valence-corrected chi connectivity index (χ3v) is 9.90. The van der Waals surface area contributed by atoms with Crippen molar-refractivity contribution in [2.45, 2.75) is 0 Å². The highest BCUT2D eigenvalue weighted by Crippen LogP contribution is 2.40. The molecule has 0 spiro atoms. The third kappa shape index (κ3) is 3.81. The Bertz CT molecular complexity index is 2950. The Balaban J connectivity index is 1.23. The molecule has 0 saturated heterocycles. The second-order valence-electron chi connectivity index (χ2n) is 12.5. The van der Waals surface area contributed by atoms with E-state index in [0.717, 1.165) is 16.7 Å². The van der Waals surface area contributed by atoms with Crippen molar-refractivity contribution in [3.05, 3.63) is 175 Å². The molecule has 2 aromatic heterocycles. The minimum Gasteiger partial charge on any atom is -0.309 e. The Kier molecular flexibility index (Phi) is 5.64. The van der Waals surface area contributed by atoms with Gasteiger partial charge in [-0.25, -0.2) is 4.85 Å². The van der Waals surface area contributed by atoms with Crippen molar-refractivity contribution >= 4 is 70.8 Å². The molecule has 10 rings (SSSR count). The van der Waals surface area contributed by atoms with Gasteiger partial charge in [-0.1, -0.05) is 115 Å². The van der Waals surface area contributed by atoms with Gasteiger partial charge in [0.05, 0.1) is 34.3 Å². The molecule has 8 aromatic carbocycles. The Morgan fingerprint density at radius 3 is 1.71 bits per heavy atom. The SMILES string of the molecule is [C-]#[N+]c1ccc(-n2c3ccccc3c3cc(-c4ccc5c6ccccc6n(-c6cc7ccccc7c7ccccc67)c5c4)ccc32)cc1. The predicted molar refractivity (Wildman–Crippen MR) is 202 cm³/mol. The van der Waals surface area contributed by atoms with Gasteiger partial charge in [0, 0.05) is 32.6 Å². The van der Waals surface area contributed by atoms with Crippen LogP contribution in [-0.4, -0.2) is 9.13 Å². The first kappa shape index (κ1) is 26.6. The van der Waals surface area contributed by atoms with Crippen LogP contribution in [0, 0.1) is 6.57 Å². The number of nitrogens with zero attached hydrogens (tertiary/aromatic N) is 3. The van der Waals surface area contributed by atoms with Crippen LogP contribution < -0.4 is 0 Å². The van der Waals surface area contributed by atoms with Gasteiger partial charge in [0.15, 0.2) is 5.69 Å². The van der Waals surface area contributed by atoms with E-state index in [9.17, 15) is 0 Å². The highest BCUT2D eigenvalue weighted by atomic mass is 15.0. The Hall–Kier alpha value is -6.63. The van der Waals surface area contributed by atoms with E-state index >= 15 is 0 Å². The van der Waals surface area contributed by atoms with Crippen LogP contribution >= 0.6 is 0 Å². The molecule has 0 atom stereocenters. The highest BCUT2D eigenvalue weighted by molar-refractivity contribution is 6.16. The van der Waals surface area contributed by atoms with Gasteiger partial charge in [0.25, 0.3) is 0 Å². The van der Waals surface area contributed by atoms with E-state index in [1.54, 1.807) is 0 Å². The van der Waals surface area contributed by atoms with E-state index in [-0.39, 0.29) is 0 Å². The fourth-order valence-corrected chi connectivity index (χ4v) is 7.74. The number of para-hydroxylation sites is 2. The molecule has 0 fully saturated rings. The topological polar surface area (TPSA) is 14.2 Å². The van der Waals surface area contributed by atoms with Gasteiger partial charge in [-0.15, -0.1) is 0 Å². The standard InChI is InChI=1S/C45H27N3/c1-46-32-20-22-33(23-21-32)47-41-16-8-7-15-38(41)40-26-29(19-25-43(40)47)30-18-24-39-37-14-6-9-17-42(37)48(44(39)27-30)45-28-31-10-2-3-11-34(31)35-12-4-5-13-36(35)45/h2-28H. The first-order valence-corrected chi connectivity index (χ1v) is 16.2. The molecule has 10 aromatic rings. The lowest BCUT2D eigenvalue weighted by Crippen LogP contribution is -1.96. The zero-order chi connectivity index (χ0) is 31.8. The molecule has 3 heteroatoms. The van der Waals surface area contributed by atoms with Crippen molar-refractivity contribution in [2.75, 3.05) is 0 Å². The molecule has 0 N–H and O–H groups in total. The molecule has 0 aliphatic heterocycles. The summed E-state index contributed by atoms with van der Waals surface area (Å²) in [5, 5.41) is 9.92. The Labute approximate surface area is 276 Å². The van der Waals surface area contributed by atoms with Crippen molar-refractivity contribution in [1.82, 2.24) is 9.13 Å². The molecule has 2 heterocycles. The molecule has 0 unspecified atom stereocenters. The maximum Gasteiger partial charge on any atom is 0.187 e. The largest absolute Gasteiger partial charge is 0.309 e. The van der Waals surface area contributed by atoms with Crippen LogP contribution in [0.15, 0.2) is 164 Å². The van der Waals surface area contributed by atoms with Crippen LogP contribution in [0.4, 0.5) is 5.69 Å².